The lowest BCUT2D eigenvalue weighted by molar-refractivity contribution is 1.47. The monoisotopic (exact) mass is 274 g/mol. The minimum absolute atomic E-state index is 1.22. The van der Waals surface area contributed by atoms with Crippen LogP contribution >= 0.6 is 0 Å². The zero-order valence-corrected chi connectivity index (χ0v) is 13.0. The summed E-state index contributed by atoms with van der Waals surface area (Å²) < 4.78 is 0. The average Bonchev–Trinajstić information content (AvgIpc) is 2.49. The molecular weight excluding hydrogens is 252 g/mol. The van der Waals surface area contributed by atoms with E-state index < -0.39 is 0 Å². The number of allylic oxidation sites excluding steroid dienone is 5. The van der Waals surface area contributed by atoms with Gasteiger partial charge in [-0.1, -0.05) is 90.0 Å². The van der Waals surface area contributed by atoms with Gasteiger partial charge < -0.3 is 0 Å². The number of benzene rings is 2. The highest BCUT2D eigenvalue weighted by atomic mass is 14.0. The molecule has 0 amide bonds. The first-order valence-corrected chi connectivity index (χ1v) is 7.34. The van der Waals surface area contributed by atoms with E-state index in [0.29, 0.717) is 0 Å². The quantitative estimate of drug-likeness (QED) is 0.582. The van der Waals surface area contributed by atoms with Gasteiger partial charge in [0.25, 0.3) is 0 Å². The molecule has 0 bridgehead atoms. The molecule has 0 N–H and O–H groups in total. The molecule has 0 aliphatic carbocycles. The maximum absolute atomic E-state index is 2.17. The highest BCUT2D eigenvalue weighted by Crippen LogP contribution is 2.20. The van der Waals surface area contributed by atoms with Gasteiger partial charge in [-0.05, 0) is 37.5 Å². The molecule has 21 heavy (non-hydrogen) atoms. The van der Waals surface area contributed by atoms with Gasteiger partial charge in [-0.25, -0.2) is 0 Å². The molecule has 0 radical (unpaired) electrons. The summed E-state index contributed by atoms with van der Waals surface area (Å²) in [6, 6.07) is 17.3. The molecule has 0 saturated carbocycles. The molecule has 0 nitrogen and oxygen atoms in total. The summed E-state index contributed by atoms with van der Waals surface area (Å²) in [5.74, 6) is 0. The molecule has 0 atom stereocenters. The third-order valence-corrected chi connectivity index (χ3v) is 3.37. The van der Waals surface area contributed by atoms with Crippen LogP contribution in [0.3, 0.4) is 0 Å². The van der Waals surface area contributed by atoms with Gasteiger partial charge in [0.15, 0.2) is 0 Å². The van der Waals surface area contributed by atoms with Crippen LogP contribution in [0.15, 0.2) is 78.4 Å². The molecule has 2 rings (SSSR count). The molecule has 2 aromatic rings. The minimum atomic E-state index is 1.22. The SMILES string of the molecule is C\C=C/C(C)=C\C=C\c1ccc(-c2ccc(C)cc2)cc1. The van der Waals surface area contributed by atoms with Gasteiger partial charge in [0.05, 0.1) is 0 Å². The van der Waals surface area contributed by atoms with Crippen LogP contribution in [0.25, 0.3) is 17.2 Å². The van der Waals surface area contributed by atoms with Crippen molar-refractivity contribution in [1.82, 2.24) is 0 Å². The Morgan fingerprint density at radius 1 is 0.857 bits per heavy atom. The van der Waals surface area contributed by atoms with E-state index in [0.717, 1.165) is 0 Å². The maximum atomic E-state index is 2.17. The second kappa shape index (κ2) is 7.44. The van der Waals surface area contributed by atoms with Crippen LogP contribution in [-0.2, 0) is 0 Å². The molecule has 0 aliphatic rings. The Kier molecular flexibility index (Phi) is 5.34. The second-order valence-corrected chi connectivity index (χ2v) is 5.26. The largest absolute Gasteiger partial charge is 0.0874 e. The number of hydrogen-bond acceptors (Lipinski definition) is 0. The van der Waals surface area contributed by atoms with Gasteiger partial charge in [-0.15, -0.1) is 0 Å². The molecule has 0 saturated heterocycles. The average molecular weight is 274 g/mol. The van der Waals surface area contributed by atoms with Crippen molar-refractivity contribution < 1.29 is 0 Å². The fourth-order valence-electron chi connectivity index (χ4n) is 2.16. The van der Waals surface area contributed by atoms with Crippen molar-refractivity contribution in [2.75, 3.05) is 0 Å². The Bertz CT molecular complexity index is 650. The van der Waals surface area contributed by atoms with Crippen LogP contribution in [0.2, 0.25) is 0 Å². The van der Waals surface area contributed by atoms with Crippen molar-refractivity contribution in [2.24, 2.45) is 0 Å². The minimum Gasteiger partial charge on any atom is -0.0874 e. The number of hydrogen-bond donors (Lipinski definition) is 0. The summed E-state index contributed by atoms with van der Waals surface area (Å²) in [4.78, 5) is 0. The first-order valence-electron chi connectivity index (χ1n) is 7.34. The smallest absolute Gasteiger partial charge is 0.0184 e. The lowest BCUT2D eigenvalue weighted by atomic mass is 10.0. The van der Waals surface area contributed by atoms with E-state index in [4.69, 9.17) is 0 Å². The zero-order chi connectivity index (χ0) is 15.1. The highest BCUT2D eigenvalue weighted by Gasteiger charge is 1.96. The topological polar surface area (TPSA) is 0 Å². The summed E-state index contributed by atoms with van der Waals surface area (Å²) in [5, 5.41) is 0. The second-order valence-electron chi connectivity index (χ2n) is 5.26. The van der Waals surface area contributed by atoms with E-state index in [-0.39, 0.29) is 0 Å². The van der Waals surface area contributed by atoms with E-state index in [1.165, 1.54) is 27.8 Å². The van der Waals surface area contributed by atoms with Crippen molar-refractivity contribution in [2.45, 2.75) is 20.8 Å². The van der Waals surface area contributed by atoms with Gasteiger partial charge in [-0.2, -0.15) is 0 Å². The Labute approximate surface area is 128 Å². The lowest BCUT2D eigenvalue weighted by Gasteiger charge is -2.03. The van der Waals surface area contributed by atoms with E-state index in [1.54, 1.807) is 0 Å². The molecule has 106 valence electrons. The fraction of sp³-hybridized carbons (Fsp3) is 0.143. The molecule has 0 aromatic heterocycles. The number of rotatable bonds is 4. The first kappa shape index (κ1) is 15.1. The van der Waals surface area contributed by atoms with Gasteiger partial charge >= 0.3 is 0 Å². The van der Waals surface area contributed by atoms with E-state index >= 15 is 0 Å². The van der Waals surface area contributed by atoms with Crippen LogP contribution in [0.5, 0.6) is 0 Å². The predicted octanol–water partition coefficient (Wildman–Crippen LogP) is 6.20. The maximum Gasteiger partial charge on any atom is -0.0184 e. The Balaban J connectivity index is 2.10. The van der Waals surface area contributed by atoms with E-state index in [1.807, 2.05) is 6.92 Å². The number of aryl methyl sites for hydroxylation is 1. The zero-order valence-electron chi connectivity index (χ0n) is 13.0. The Morgan fingerprint density at radius 3 is 2.00 bits per heavy atom. The van der Waals surface area contributed by atoms with Crippen LogP contribution < -0.4 is 0 Å². The van der Waals surface area contributed by atoms with Crippen molar-refractivity contribution in [3.63, 3.8) is 0 Å². The molecule has 2 aromatic carbocycles. The summed E-state index contributed by atoms with van der Waals surface area (Å²) in [5.41, 5.74) is 6.29. The summed E-state index contributed by atoms with van der Waals surface area (Å²) in [7, 11) is 0. The molecule has 0 heteroatoms. The fourth-order valence-corrected chi connectivity index (χ4v) is 2.16. The van der Waals surface area contributed by atoms with Gasteiger partial charge in [-0.3, -0.25) is 0 Å². The molecule has 0 unspecified atom stereocenters. The van der Waals surface area contributed by atoms with Crippen LogP contribution in [-0.4, -0.2) is 0 Å². The lowest BCUT2D eigenvalue weighted by Crippen LogP contribution is -1.79. The summed E-state index contributed by atoms with van der Waals surface area (Å²) in [6.07, 6.45) is 10.5. The van der Waals surface area contributed by atoms with Crippen LogP contribution in [0, 0.1) is 6.92 Å². The predicted molar refractivity (Wildman–Crippen MR) is 94.2 cm³/mol. The van der Waals surface area contributed by atoms with E-state index in [9.17, 15) is 0 Å². The highest BCUT2D eigenvalue weighted by molar-refractivity contribution is 5.66. The first-order chi connectivity index (χ1) is 10.2. The molecule has 0 heterocycles. The molecule has 0 spiro atoms. The Morgan fingerprint density at radius 2 is 1.43 bits per heavy atom. The van der Waals surface area contributed by atoms with Crippen molar-refractivity contribution in [3.05, 3.63) is 89.5 Å². The summed E-state index contributed by atoms with van der Waals surface area (Å²) in [6.45, 7) is 6.25. The normalized spacial score (nSPS) is 12.4. The van der Waals surface area contributed by atoms with Crippen molar-refractivity contribution in [1.29, 1.82) is 0 Å². The molecular formula is C21H22. The Hall–Kier alpha value is -2.34. The summed E-state index contributed by atoms with van der Waals surface area (Å²) >= 11 is 0. The third-order valence-electron chi connectivity index (χ3n) is 3.37. The van der Waals surface area contributed by atoms with Crippen molar-refractivity contribution >= 4 is 6.08 Å². The standard InChI is InChI=1S/C21H22/c1-4-6-17(2)7-5-8-19-11-15-21(16-12-19)20-13-9-18(3)10-14-20/h4-16H,1-3H3/b6-4-,8-5+,17-7-. The van der Waals surface area contributed by atoms with Gasteiger partial charge in [0, 0.05) is 0 Å². The van der Waals surface area contributed by atoms with E-state index in [2.05, 4.69) is 92.8 Å². The van der Waals surface area contributed by atoms with Crippen LogP contribution in [0.1, 0.15) is 25.0 Å². The van der Waals surface area contributed by atoms with Crippen LogP contribution in [0.4, 0.5) is 0 Å². The molecule has 0 fully saturated rings. The van der Waals surface area contributed by atoms with Gasteiger partial charge in [0.1, 0.15) is 0 Å². The molecule has 0 aliphatic heterocycles. The van der Waals surface area contributed by atoms with Crippen molar-refractivity contribution in [3.8, 4) is 11.1 Å². The van der Waals surface area contributed by atoms with Gasteiger partial charge in [0.2, 0.25) is 0 Å². The third kappa shape index (κ3) is 4.61.